The Kier molecular flexibility index (Phi) is 5.03. The summed E-state index contributed by atoms with van der Waals surface area (Å²) in [5.41, 5.74) is 1.27. The zero-order valence-electron chi connectivity index (χ0n) is 11.0. The number of nitrogens with zero attached hydrogens (tertiary/aromatic N) is 2. The maximum Gasteiger partial charge on any atom is 0.335 e. The Morgan fingerprint density at radius 3 is 2.80 bits per heavy atom. The van der Waals surface area contributed by atoms with Crippen LogP contribution in [0.5, 0.6) is 0 Å². The number of aromatic carboxylic acids is 1. The van der Waals surface area contributed by atoms with Gasteiger partial charge in [0.05, 0.1) is 12.2 Å². The summed E-state index contributed by atoms with van der Waals surface area (Å²) in [5.74, 6) is -0.156. The fourth-order valence-corrected chi connectivity index (χ4v) is 2.17. The Labute approximate surface area is 120 Å². The van der Waals surface area contributed by atoms with Gasteiger partial charge in [-0.25, -0.2) is 9.78 Å². The van der Waals surface area contributed by atoms with Crippen LogP contribution in [0.1, 0.15) is 21.7 Å². The molecule has 2 N–H and O–H groups in total. The number of carboxylic acids is 1. The first kappa shape index (κ1) is 14.4. The number of nitrogens with one attached hydrogen (secondary N) is 1. The quantitative estimate of drug-likeness (QED) is 0.812. The van der Waals surface area contributed by atoms with Gasteiger partial charge >= 0.3 is 5.97 Å². The summed E-state index contributed by atoms with van der Waals surface area (Å²) < 4.78 is 9.18. The molecule has 0 aliphatic carbocycles. The molecule has 0 saturated heterocycles. The van der Waals surface area contributed by atoms with Crippen LogP contribution >= 0.6 is 11.5 Å². The van der Waals surface area contributed by atoms with Crippen LogP contribution in [0.2, 0.25) is 0 Å². The normalized spacial score (nSPS) is 10.4. The van der Waals surface area contributed by atoms with Crippen LogP contribution < -0.4 is 5.32 Å². The molecule has 0 fully saturated rings. The van der Waals surface area contributed by atoms with E-state index in [1.807, 2.05) is 0 Å². The number of benzene rings is 1. The second kappa shape index (κ2) is 6.97. The van der Waals surface area contributed by atoms with Gasteiger partial charge in [0, 0.05) is 31.6 Å². The van der Waals surface area contributed by atoms with Crippen LogP contribution in [-0.4, -0.2) is 34.2 Å². The SMILES string of the molecule is COCCc1nsc(NCc2ccc(C(=O)O)cc2)n1. The highest BCUT2D eigenvalue weighted by molar-refractivity contribution is 7.09. The van der Waals surface area contributed by atoms with E-state index in [1.54, 1.807) is 31.4 Å². The number of ether oxygens (including phenoxy) is 1. The third-order valence-electron chi connectivity index (χ3n) is 2.64. The second-order valence-corrected chi connectivity index (χ2v) is 4.87. The highest BCUT2D eigenvalue weighted by atomic mass is 32.1. The van der Waals surface area contributed by atoms with Crippen LogP contribution in [0.3, 0.4) is 0 Å². The molecule has 0 spiro atoms. The second-order valence-electron chi connectivity index (χ2n) is 4.11. The highest BCUT2D eigenvalue weighted by Crippen LogP contribution is 2.13. The van der Waals surface area contributed by atoms with E-state index in [-0.39, 0.29) is 5.56 Å². The first-order valence-electron chi connectivity index (χ1n) is 6.06. The van der Waals surface area contributed by atoms with Crippen LogP contribution in [0.15, 0.2) is 24.3 Å². The third-order valence-corrected chi connectivity index (χ3v) is 3.35. The molecule has 0 saturated carbocycles. The molecule has 0 aliphatic heterocycles. The van der Waals surface area contributed by atoms with Crippen molar-refractivity contribution in [2.45, 2.75) is 13.0 Å². The minimum atomic E-state index is -0.920. The fourth-order valence-electron chi connectivity index (χ4n) is 1.56. The van der Waals surface area contributed by atoms with Crippen molar-refractivity contribution in [1.82, 2.24) is 9.36 Å². The Bertz CT molecular complexity index is 568. The Balaban J connectivity index is 1.88. The van der Waals surface area contributed by atoms with Gasteiger partial charge in [0.15, 0.2) is 0 Å². The van der Waals surface area contributed by atoms with Gasteiger partial charge in [-0.2, -0.15) is 4.37 Å². The van der Waals surface area contributed by atoms with Gasteiger partial charge in [-0.3, -0.25) is 0 Å². The average molecular weight is 293 g/mol. The molecular formula is C13H15N3O3S. The van der Waals surface area contributed by atoms with Crippen molar-refractivity contribution in [3.63, 3.8) is 0 Å². The maximum absolute atomic E-state index is 10.7. The molecule has 2 aromatic rings. The minimum Gasteiger partial charge on any atom is -0.478 e. The zero-order valence-corrected chi connectivity index (χ0v) is 11.8. The molecule has 20 heavy (non-hydrogen) atoms. The van der Waals surface area contributed by atoms with E-state index in [1.165, 1.54) is 11.5 Å². The lowest BCUT2D eigenvalue weighted by Gasteiger charge is -2.02. The summed E-state index contributed by atoms with van der Waals surface area (Å²) in [6.45, 7) is 1.19. The van der Waals surface area contributed by atoms with Crippen LogP contribution in [-0.2, 0) is 17.7 Å². The van der Waals surface area contributed by atoms with Gasteiger partial charge in [0.1, 0.15) is 5.82 Å². The largest absolute Gasteiger partial charge is 0.478 e. The number of hydrogen-bond donors (Lipinski definition) is 2. The van der Waals surface area contributed by atoms with Gasteiger partial charge in [-0.1, -0.05) is 12.1 Å². The molecule has 6 nitrogen and oxygen atoms in total. The lowest BCUT2D eigenvalue weighted by molar-refractivity contribution is 0.0697. The fraction of sp³-hybridized carbons (Fsp3) is 0.308. The monoisotopic (exact) mass is 293 g/mol. The number of carboxylic acid groups (broad SMARTS) is 1. The maximum atomic E-state index is 10.7. The van der Waals surface area contributed by atoms with Gasteiger partial charge < -0.3 is 15.2 Å². The van der Waals surface area contributed by atoms with E-state index in [0.717, 1.165) is 16.5 Å². The molecule has 1 aromatic heterocycles. The van der Waals surface area contributed by atoms with Gasteiger partial charge in [0.25, 0.3) is 0 Å². The summed E-state index contributed by atoms with van der Waals surface area (Å²) in [4.78, 5) is 15.1. The first-order chi connectivity index (χ1) is 9.69. The number of rotatable bonds is 7. The van der Waals surface area contributed by atoms with E-state index in [2.05, 4.69) is 14.7 Å². The van der Waals surface area contributed by atoms with E-state index < -0.39 is 5.97 Å². The van der Waals surface area contributed by atoms with Crippen molar-refractivity contribution in [3.8, 4) is 0 Å². The van der Waals surface area contributed by atoms with Crippen molar-refractivity contribution in [2.75, 3.05) is 19.0 Å². The lowest BCUT2D eigenvalue weighted by Crippen LogP contribution is -2.01. The molecule has 2 rings (SSSR count). The third kappa shape index (κ3) is 4.01. The number of carbonyl (C=O) groups is 1. The van der Waals surface area contributed by atoms with E-state index in [4.69, 9.17) is 9.84 Å². The predicted molar refractivity (Wildman–Crippen MR) is 76.2 cm³/mol. The topological polar surface area (TPSA) is 84.3 Å². The molecule has 0 atom stereocenters. The Morgan fingerprint density at radius 1 is 1.40 bits per heavy atom. The average Bonchev–Trinajstić information content (AvgIpc) is 2.91. The minimum absolute atomic E-state index is 0.284. The molecule has 1 aromatic carbocycles. The number of anilines is 1. The van der Waals surface area contributed by atoms with Gasteiger partial charge in [-0.05, 0) is 17.7 Å². The molecule has 1 heterocycles. The van der Waals surface area contributed by atoms with Crippen molar-refractivity contribution >= 4 is 22.6 Å². The molecule has 0 aliphatic rings. The lowest BCUT2D eigenvalue weighted by atomic mass is 10.1. The number of hydrogen-bond acceptors (Lipinski definition) is 6. The summed E-state index contributed by atoms with van der Waals surface area (Å²) >= 11 is 1.31. The molecule has 7 heteroatoms. The number of methoxy groups -OCH3 is 1. The first-order valence-corrected chi connectivity index (χ1v) is 6.84. The zero-order chi connectivity index (χ0) is 14.4. The van der Waals surface area contributed by atoms with E-state index in [0.29, 0.717) is 19.6 Å². The molecule has 0 bridgehead atoms. The molecule has 0 amide bonds. The highest BCUT2D eigenvalue weighted by Gasteiger charge is 2.05. The van der Waals surface area contributed by atoms with Crippen LogP contribution in [0.4, 0.5) is 5.13 Å². The van der Waals surface area contributed by atoms with Gasteiger partial charge in [0.2, 0.25) is 5.13 Å². The van der Waals surface area contributed by atoms with Crippen molar-refractivity contribution in [2.24, 2.45) is 0 Å². The molecule has 0 radical (unpaired) electrons. The summed E-state index contributed by atoms with van der Waals surface area (Å²) in [6, 6.07) is 6.74. The number of aromatic nitrogens is 2. The summed E-state index contributed by atoms with van der Waals surface area (Å²) in [5, 5.41) is 12.7. The van der Waals surface area contributed by atoms with Gasteiger partial charge in [-0.15, -0.1) is 0 Å². The predicted octanol–water partition coefficient (Wildman–Crippen LogP) is 2.04. The van der Waals surface area contributed by atoms with Crippen LogP contribution in [0.25, 0.3) is 0 Å². The molecular weight excluding hydrogens is 278 g/mol. The van der Waals surface area contributed by atoms with Crippen molar-refractivity contribution in [1.29, 1.82) is 0 Å². The van der Waals surface area contributed by atoms with E-state index >= 15 is 0 Å². The van der Waals surface area contributed by atoms with E-state index in [9.17, 15) is 4.79 Å². The standard InChI is InChI=1S/C13H15N3O3S/c1-19-7-6-11-15-13(20-16-11)14-8-9-2-4-10(5-3-9)12(17)18/h2-5H,6-8H2,1H3,(H,17,18)(H,14,15,16). The molecule has 106 valence electrons. The smallest absolute Gasteiger partial charge is 0.335 e. The van der Waals surface area contributed by atoms with Crippen LogP contribution in [0, 0.1) is 0 Å². The van der Waals surface area contributed by atoms with Crippen molar-refractivity contribution in [3.05, 3.63) is 41.2 Å². The summed E-state index contributed by atoms with van der Waals surface area (Å²) in [7, 11) is 1.65. The van der Waals surface area contributed by atoms with Crippen molar-refractivity contribution < 1.29 is 14.6 Å². The Hall–Kier alpha value is -1.99. The summed E-state index contributed by atoms with van der Waals surface area (Å²) in [6.07, 6.45) is 0.696. The molecule has 0 unspecified atom stereocenters. The Morgan fingerprint density at radius 2 is 2.15 bits per heavy atom.